The number of rotatable bonds is 6. The van der Waals surface area contributed by atoms with Crippen LogP contribution < -0.4 is 14.2 Å². The molecule has 146 valence electrons. The van der Waals surface area contributed by atoms with Crippen LogP contribution in [0.15, 0.2) is 23.1 Å². The van der Waals surface area contributed by atoms with E-state index >= 15 is 0 Å². The van der Waals surface area contributed by atoms with E-state index in [4.69, 9.17) is 9.47 Å². The van der Waals surface area contributed by atoms with E-state index in [1.165, 1.54) is 0 Å². The molecule has 27 heavy (non-hydrogen) atoms. The zero-order valence-corrected chi connectivity index (χ0v) is 16.3. The van der Waals surface area contributed by atoms with Gasteiger partial charge in [-0.1, -0.05) is 6.07 Å². The molecule has 2 aliphatic rings. The van der Waals surface area contributed by atoms with E-state index in [9.17, 15) is 8.42 Å². The molecular formula is C18H24N4O4S. The molecule has 2 aromatic rings. The summed E-state index contributed by atoms with van der Waals surface area (Å²) >= 11 is 0. The Labute approximate surface area is 158 Å². The van der Waals surface area contributed by atoms with Crippen LogP contribution in [-0.2, 0) is 10.0 Å². The van der Waals surface area contributed by atoms with Crippen LogP contribution in [0.1, 0.15) is 35.8 Å². The minimum atomic E-state index is -3.65. The number of H-pyrrole nitrogens is 1. The highest BCUT2D eigenvalue weighted by Crippen LogP contribution is 2.36. The minimum Gasteiger partial charge on any atom is -0.454 e. The fraction of sp³-hybridized carbons (Fsp3) is 0.500. The van der Waals surface area contributed by atoms with Crippen LogP contribution in [0.5, 0.6) is 11.5 Å². The zero-order chi connectivity index (χ0) is 19.0. The lowest BCUT2D eigenvalue weighted by Gasteiger charge is -2.28. The molecule has 0 spiro atoms. The Kier molecular flexibility index (Phi) is 4.83. The van der Waals surface area contributed by atoms with Crippen molar-refractivity contribution in [2.24, 2.45) is 0 Å². The Morgan fingerprint density at radius 3 is 2.67 bits per heavy atom. The van der Waals surface area contributed by atoms with Gasteiger partial charge in [-0.15, -0.1) is 0 Å². The molecule has 0 amide bonds. The number of aryl methyl sites for hydroxylation is 2. The summed E-state index contributed by atoms with van der Waals surface area (Å²) < 4.78 is 39.3. The fourth-order valence-corrected chi connectivity index (χ4v) is 5.23. The minimum absolute atomic E-state index is 0.0655. The number of hydrogen-bond donors (Lipinski definition) is 2. The first-order valence-electron chi connectivity index (χ1n) is 9.10. The number of ether oxygens (including phenoxy) is 2. The van der Waals surface area contributed by atoms with E-state index in [0.717, 1.165) is 37.2 Å². The molecule has 1 saturated heterocycles. The van der Waals surface area contributed by atoms with Gasteiger partial charge in [0.1, 0.15) is 4.90 Å². The van der Waals surface area contributed by atoms with Crippen molar-refractivity contribution in [3.63, 3.8) is 0 Å². The Morgan fingerprint density at radius 2 is 1.96 bits per heavy atom. The number of fused-ring (bicyclic) bond motifs is 1. The van der Waals surface area contributed by atoms with Crippen LogP contribution >= 0.6 is 0 Å². The predicted octanol–water partition coefficient (Wildman–Crippen LogP) is 1.87. The summed E-state index contributed by atoms with van der Waals surface area (Å²) in [6, 6.07) is 5.76. The molecule has 0 aliphatic carbocycles. The zero-order valence-electron chi connectivity index (χ0n) is 15.5. The normalized spacial score (nSPS) is 18.1. The average molecular weight is 392 g/mol. The van der Waals surface area contributed by atoms with E-state index in [1.54, 1.807) is 13.8 Å². The third-order valence-corrected chi connectivity index (χ3v) is 6.84. The fourth-order valence-electron chi connectivity index (χ4n) is 3.83. The molecule has 1 atom stereocenters. The van der Waals surface area contributed by atoms with E-state index in [2.05, 4.69) is 19.8 Å². The van der Waals surface area contributed by atoms with Crippen molar-refractivity contribution in [1.82, 2.24) is 19.8 Å². The van der Waals surface area contributed by atoms with Crippen molar-refractivity contribution in [3.05, 3.63) is 35.2 Å². The molecule has 4 rings (SSSR count). The Hall–Kier alpha value is -2.10. The number of nitrogens with one attached hydrogen (secondary N) is 2. The van der Waals surface area contributed by atoms with Gasteiger partial charge in [-0.2, -0.15) is 5.10 Å². The lowest BCUT2D eigenvalue weighted by Crippen LogP contribution is -2.37. The maximum atomic E-state index is 12.8. The van der Waals surface area contributed by atoms with Gasteiger partial charge in [-0.3, -0.25) is 10.00 Å². The molecule has 3 heterocycles. The molecule has 2 aliphatic heterocycles. The van der Waals surface area contributed by atoms with Crippen molar-refractivity contribution in [2.45, 2.75) is 37.6 Å². The van der Waals surface area contributed by atoms with E-state index < -0.39 is 10.0 Å². The molecule has 2 N–H and O–H groups in total. The highest BCUT2D eigenvalue weighted by molar-refractivity contribution is 7.89. The Bertz CT molecular complexity index is 915. The number of benzene rings is 1. The summed E-state index contributed by atoms with van der Waals surface area (Å²) in [5.74, 6) is 1.44. The molecule has 1 fully saturated rings. The number of hydrogen-bond acceptors (Lipinski definition) is 6. The predicted molar refractivity (Wildman–Crippen MR) is 99.4 cm³/mol. The second kappa shape index (κ2) is 7.14. The molecule has 1 aromatic carbocycles. The first-order chi connectivity index (χ1) is 13.0. The SMILES string of the molecule is Cc1n[nH]c(C)c1S(=O)(=O)NCC(c1ccc2c(c1)OCO2)N1CCCC1. The van der Waals surface area contributed by atoms with Crippen molar-refractivity contribution in [1.29, 1.82) is 0 Å². The lowest BCUT2D eigenvalue weighted by molar-refractivity contribution is 0.173. The summed E-state index contributed by atoms with van der Waals surface area (Å²) in [6.07, 6.45) is 2.24. The summed E-state index contributed by atoms with van der Waals surface area (Å²) in [5.41, 5.74) is 2.03. The Morgan fingerprint density at radius 1 is 1.22 bits per heavy atom. The number of aromatic nitrogens is 2. The topological polar surface area (TPSA) is 96.5 Å². The summed E-state index contributed by atoms with van der Waals surface area (Å²) in [6.45, 7) is 5.80. The van der Waals surface area contributed by atoms with Crippen LogP contribution in [0.3, 0.4) is 0 Å². The molecule has 0 saturated carbocycles. The first-order valence-corrected chi connectivity index (χ1v) is 10.6. The second-order valence-corrected chi connectivity index (χ2v) is 8.69. The standard InChI is InChI=1S/C18H24N4O4S/c1-12-18(13(2)21-20-12)27(23,24)19-10-15(22-7-3-4-8-22)14-5-6-16-17(9-14)26-11-25-16/h5-6,9,15,19H,3-4,7-8,10-11H2,1-2H3,(H,20,21). The molecule has 0 bridgehead atoms. The third kappa shape index (κ3) is 3.54. The van der Waals surface area contributed by atoms with Crippen LogP contribution in [-0.4, -0.2) is 49.9 Å². The average Bonchev–Trinajstić information content (AvgIpc) is 3.36. The monoisotopic (exact) mass is 392 g/mol. The van der Waals surface area contributed by atoms with Crippen molar-refractivity contribution >= 4 is 10.0 Å². The second-order valence-electron chi connectivity index (χ2n) is 6.99. The van der Waals surface area contributed by atoms with Crippen molar-refractivity contribution in [3.8, 4) is 11.5 Å². The van der Waals surface area contributed by atoms with E-state index in [-0.39, 0.29) is 24.3 Å². The van der Waals surface area contributed by atoms with Crippen LogP contribution in [0.25, 0.3) is 0 Å². The number of nitrogens with zero attached hydrogens (tertiary/aromatic N) is 2. The number of aromatic amines is 1. The van der Waals surface area contributed by atoms with Crippen LogP contribution in [0, 0.1) is 13.8 Å². The van der Waals surface area contributed by atoms with Crippen LogP contribution in [0.2, 0.25) is 0 Å². The summed E-state index contributed by atoms with van der Waals surface area (Å²) in [4.78, 5) is 2.54. The van der Waals surface area contributed by atoms with Gasteiger partial charge in [0.25, 0.3) is 0 Å². The van der Waals surface area contributed by atoms with Gasteiger partial charge in [0, 0.05) is 12.6 Å². The van der Waals surface area contributed by atoms with Crippen LogP contribution in [0.4, 0.5) is 0 Å². The molecule has 9 heteroatoms. The Balaban J connectivity index is 1.59. The highest BCUT2D eigenvalue weighted by atomic mass is 32.2. The summed E-state index contributed by atoms with van der Waals surface area (Å²) in [5, 5.41) is 6.74. The highest BCUT2D eigenvalue weighted by Gasteiger charge is 2.29. The van der Waals surface area contributed by atoms with Gasteiger partial charge < -0.3 is 9.47 Å². The van der Waals surface area contributed by atoms with Gasteiger partial charge in [-0.25, -0.2) is 13.1 Å². The quantitative estimate of drug-likeness (QED) is 0.779. The van der Waals surface area contributed by atoms with Crippen molar-refractivity contribution in [2.75, 3.05) is 26.4 Å². The van der Waals surface area contributed by atoms with Gasteiger partial charge in [0.2, 0.25) is 16.8 Å². The molecular weight excluding hydrogens is 368 g/mol. The first kappa shape index (κ1) is 18.3. The largest absolute Gasteiger partial charge is 0.454 e. The van der Waals surface area contributed by atoms with E-state index in [1.807, 2.05) is 18.2 Å². The summed E-state index contributed by atoms with van der Waals surface area (Å²) in [7, 11) is -3.65. The van der Waals surface area contributed by atoms with Gasteiger partial charge in [-0.05, 0) is 57.5 Å². The van der Waals surface area contributed by atoms with Gasteiger partial charge in [0.15, 0.2) is 11.5 Å². The molecule has 1 unspecified atom stereocenters. The molecule has 0 radical (unpaired) electrons. The molecule has 8 nitrogen and oxygen atoms in total. The lowest BCUT2D eigenvalue weighted by atomic mass is 10.1. The number of likely N-dealkylation sites (tertiary alicyclic amines) is 1. The van der Waals surface area contributed by atoms with E-state index in [0.29, 0.717) is 17.1 Å². The van der Waals surface area contributed by atoms with Crippen molar-refractivity contribution < 1.29 is 17.9 Å². The maximum absolute atomic E-state index is 12.8. The maximum Gasteiger partial charge on any atom is 0.244 e. The van der Waals surface area contributed by atoms with Gasteiger partial charge >= 0.3 is 0 Å². The molecule has 1 aromatic heterocycles. The smallest absolute Gasteiger partial charge is 0.244 e. The third-order valence-electron chi connectivity index (χ3n) is 5.16. The number of sulfonamides is 1. The van der Waals surface area contributed by atoms with Gasteiger partial charge in [0.05, 0.1) is 11.4 Å².